The number of hydrogen-bond acceptors (Lipinski definition) is 5. The van der Waals surface area contributed by atoms with Gasteiger partial charge in [-0.3, -0.25) is 4.79 Å². The van der Waals surface area contributed by atoms with E-state index in [0.717, 1.165) is 6.42 Å². The smallest absolute Gasteiger partial charge is 0.271 e. The van der Waals surface area contributed by atoms with Crippen LogP contribution in [0.15, 0.2) is 11.1 Å². The van der Waals surface area contributed by atoms with E-state index in [2.05, 4.69) is 15.3 Å². The van der Waals surface area contributed by atoms with Crippen molar-refractivity contribution >= 4 is 17.4 Å². The van der Waals surface area contributed by atoms with Gasteiger partial charge in [-0.25, -0.2) is 4.98 Å². The third kappa shape index (κ3) is 5.16. The van der Waals surface area contributed by atoms with Crippen LogP contribution in [0.1, 0.15) is 6.42 Å². The maximum Gasteiger partial charge on any atom is 0.271 e. The van der Waals surface area contributed by atoms with Crippen LogP contribution in [0, 0.1) is 0 Å². The molecule has 0 saturated heterocycles. The van der Waals surface area contributed by atoms with Gasteiger partial charge in [0.1, 0.15) is 5.02 Å². The Bertz CT molecular complexity index is 383. The first-order chi connectivity index (χ1) is 8.25. The molecule has 1 aromatic rings. The summed E-state index contributed by atoms with van der Waals surface area (Å²) in [7, 11) is 1.63. The zero-order chi connectivity index (χ0) is 12.5. The molecule has 0 atom stereocenters. The highest BCUT2D eigenvalue weighted by atomic mass is 35.5. The van der Waals surface area contributed by atoms with Crippen molar-refractivity contribution in [3.05, 3.63) is 21.7 Å². The molecule has 0 saturated carbocycles. The molecule has 7 heteroatoms. The van der Waals surface area contributed by atoms with Crippen molar-refractivity contribution in [3.63, 3.8) is 0 Å². The maximum absolute atomic E-state index is 11.1. The van der Waals surface area contributed by atoms with E-state index in [9.17, 15) is 4.79 Å². The van der Waals surface area contributed by atoms with Crippen molar-refractivity contribution in [3.8, 4) is 0 Å². The number of nitrogens with zero attached hydrogens (tertiary/aromatic N) is 1. The Hall–Kier alpha value is -1.11. The van der Waals surface area contributed by atoms with Crippen LogP contribution in [0.5, 0.6) is 0 Å². The van der Waals surface area contributed by atoms with Gasteiger partial charge < -0.3 is 19.8 Å². The summed E-state index contributed by atoms with van der Waals surface area (Å²) in [5, 5.41) is 3.05. The molecule has 1 aromatic heterocycles. The molecule has 1 rings (SSSR count). The number of anilines is 1. The first-order valence-electron chi connectivity index (χ1n) is 5.29. The summed E-state index contributed by atoms with van der Waals surface area (Å²) in [6.07, 6.45) is 2.11. The molecule has 0 aliphatic carbocycles. The molecule has 17 heavy (non-hydrogen) atoms. The molecular weight excluding hydrogens is 246 g/mol. The molecule has 0 aromatic carbocycles. The Morgan fingerprint density at radius 1 is 1.47 bits per heavy atom. The minimum Gasteiger partial charge on any atom is -0.382 e. The zero-order valence-electron chi connectivity index (χ0n) is 9.66. The first kappa shape index (κ1) is 14.0. The van der Waals surface area contributed by atoms with Crippen molar-refractivity contribution in [2.24, 2.45) is 0 Å². The van der Waals surface area contributed by atoms with Crippen LogP contribution in [0.25, 0.3) is 0 Å². The van der Waals surface area contributed by atoms with E-state index in [1.165, 1.54) is 6.33 Å². The lowest BCUT2D eigenvalue weighted by atomic mass is 10.4. The molecule has 2 N–H and O–H groups in total. The summed E-state index contributed by atoms with van der Waals surface area (Å²) in [4.78, 5) is 17.5. The van der Waals surface area contributed by atoms with Gasteiger partial charge >= 0.3 is 0 Å². The monoisotopic (exact) mass is 261 g/mol. The second kappa shape index (κ2) is 8.05. The minimum atomic E-state index is -0.347. The van der Waals surface area contributed by atoms with Gasteiger partial charge in [0.15, 0.2) is 5.82 Å². The molecule has 6 nitrogen and oxygen atoms in total. The third-order valence-electron chi connectivity index (χ3n) is 1.99. The van der Waals surface area contributed by atoms with E-state index < -0.39 is 0 Å². The summed E-state index contributed by atoms with van der Waals surface area (Å²) >= 11 is 5.76. The Balaban J connectivity index is 2.18. The Kier molecular flexibility index (Phi) is 6.61. The van der Waals surface area contributed by atoms with Crippen LogP contribution in [-0.4, -0.2) is 43.4 Å². The predicted octanol–water partition coefficient (Wildman–Crippen LogP) is 0.888. The molecule has 0 aliphatic heterocycles. The van der Waals surface area contributed by atoms with E-state index in [4.69, 9.17) is 21.1 Å². The molecule has 0 fully saturated rings. The first-order valence-corrected chi connectivity index (χ1v) is 5.67. The predicted molar refractivity (Wildman–Crippen MR) is 65.7 cm³/mol. The van der Waals surface area contributed by atoms with Crippen molar-refractivity contribution in [2.45, 2.75) is 6.42 Å². The fraction of sp³-hybridized carbons (Fsp3) is 0.600. The van der Waals surface area contributed by atoms with E-state index in [1.54, 1.807) is 7.11 Å². The van der Waals surface area contributed by atoms with Crippen LogP contribution in [0.4, 0.5) is 5.82 Å². The maximum atomic E-state index is 11.1. The highest BCUT2D eigenvalue weighted by Crippen LogP contribution is 2.11. The molecule has 0 radical (unpaired) electrons. The number of H-pyrrole nitrogens is 1. The van der Waals surface area contributed by atoms with Crippen LogP contribution in [0.2, 0.25) is 5.02 Å². The topological polar surface area (TPSA) is 76.2 Å². The van der Waals surface area contributed by atoms with Crippen molar-refractivity contribution in [1.29, 1.82) is 0 Å². The van der Waals surface area contributed by atoms with Crippen LogP contribution in [0.3, 0.4) is 0 Å². The number of hydrogen-bond donors (Lipinski definition) is 2. The minimum absolute atomic E-state index is 0.0767. The fourth-order valence-electron chi connectivity index (χ4n) is 1.13. The van der Waals surface area contributed by atoms with Crippen molar-refractivity contribution in [1.82, 2.24) is 9.97 Å². The number of nitrogens with one attached hydrogen (secondary N) is 2. The van der Waals surface area contributed by atoms with E-state index in [1.807, 2.05) is 0 Å². The SMILES string of the molecule is COCCOCCCNc1nc[nH]c(=O)c1Cl. The summed E-state index contributed by atoms with van der Waals surface area (Å²) in [5.74, 6) is 0.396. The normalized spacial score (nSPS) is 10.5. The van der Waals surface area contributed by atoms with Crippen molar-refractivity contribution < 1.29 is 9.47 Å². The fourth-order valence-corrected chi connectivity index (χ4v) is 1.30. The van der Waals surface area contributed by atoms with Gasteiger partial charge in [0.25, 0.3) is 5.56 Å². The van der Waals surface area contributed by atoms with Gasteiger partial charge in [0.2, 0.25) is 0 Å². The van der Waals surface area contributed by atoms with E-state index >= 15 is 0 Å². The van der Waals surface area contributed by atoms with Crippen molar-refractivity contribution in [2.75, 3.05) is 38.8 Å². The summed E-state index contributed by atoms with van der Waals surface area (Å²) in [6.45, 7) is 2.44. The molecule has 0 unspecified atom stereocenters. The Morgan fingerprint density at radius 2 is 2.29 bits per heavy atom. The number of aromatic nitrogens is 2. The standard InChI is InChI=1S/C10H16ClN3O3/c1-16-5-6-17-4-2-3-12-9-8(11)10(15)14-7-13-9/h7H,2-6H2,1H3,(H2,12,13,14,15). The molecule has 0 aliphatic rings. The number of halogens is 1. The lowest BCUT2D eigenvalue weighted by Gasteiger charge is -2.06. The molecule has 1 heterocycles. The number of methoxy groups -OCH3 is 1. The molecular formula is C10H16ClN3O3. The highest BCUT2D eigenvalue weighted by Gasteiger charge is 2.03. The number of ether oxygens (including phenoxy) is 2. The second-order valence-corrected chi connectivity index (χ2v) is 3.66. The van der Waals surface area contributed by atoms with Gasteiger partial charge in [-0.2, -0.15) is 0 Å². The summed E-state index contributed by atoms with van der Waals surface area (Å²) < 4.78 is 10.1. The largest absolute Gasteiger partial charge is 0.382 e. The van der Waals surface area contributed by atoms with Crippen LogP contribution >= 0.6 is 11.6 Å². The Morgan fingerprint density at radius 3 is 3.06 bits per heavy atom. The number of aromatic amines is 1. The van der Waals surface area contributed by atoms with Crippen LogP contribution < -0.4 is 10.9 Å². The highest BCUT2D eigenvalue weighted by molar-refractivity contribution is 6.32. The van der Waals surface area contributed by atoms with Gasteiger partial charge in [-0.15, -0.1) is 0 Å². The molecule has 0 amide bonds. The lowest BCUT2D eigenvalue weighted by molar-refractivity contribution is 0.0705. The third-order valence-corrected chi connectivity index (χ3v) is 2.34. The average Bonchev–Trinajstić information content (AvgIpc) is 2.33. The Labute approximate surface area is 104 Å². The summed E-state index contributed by atoms with van der Waals surface area (Å²) in [5.41, 5.74) is -0.347. The molecule has 96 valence electrons. The second-order valence-electron chi connectivity index (χ2n) is 3.28. The van der Waals surface area contributed by atoms with E-state index in [0.29, 0.717) is 32.2 Å². The lowest BCUT2D eigenvalue weighted by Crippen LogP contribution is -2.14. The molecule has 0 spiro atoms. The van der Waals surface area contributed by atoms with Gasteiger partial charge in [-0.1, -0.05) is 11.6 Å². The van der Waals surface area contributed by atoms with Gasteiger partial charge in [-0.05, 0) is 6.42 Å². The number of rotatable bonds is 8. The summed E-state index contributed by atoms with van der Waals surface area (Å²) in [6, 6.07) is 0. The van der Waals surface area contributed by atoms with Gasteiger partial charge in [0.05, 0.1) is 19.5 Å². The zero-order valence-corrected chi connectivity index (χ0v) is 10.4. The average molecular weight is 262 g/mol. The quantitative estimate of drug-likeness (QED) is 0.680. The van der Waals surface area contributed by atoms with Crippen LogP contribution in [-0.2, 0) is 9.47 Å². The molecule has 0 bridgehead atoms. The van der Waals surface area contributed by atoms with Gasteiger partial charge in [0, 0.05) is 20.3 Å². The van der Waals surface area contributed by atoms with E-state index in [-0.39, 0.29) is 10.6 Å².